The van der Waals surface area contributed by atoms with Gasteiger partial charge in [-0.25, -0.2) is 0 Å². The molecule has 0 heterocycles. The van der Waals surface area contributed by atoms with E-state index in [1.165, 1.54) is 263 Å². The summed E-state index contributed by atoms with van der Waals surface area (Å²) in [5.74, 6) is -0.0668. The van der Waals surface area contributed by atoms with Crippen LogP contribution in [0.4, 0.5) is 0 Å². The minimum atomic E-state index is -0.848. The van der Waals surface area contributed by atoms with E-state index >= 15 is 0 Å². The fourth-order valence-corrected chi connectivity index (χ4v) is 9.84. The number of carbonyl (C=O) groups excluding carboxylic acids is 2. The van der Waals surface area contributed by atoms with Crippen LogP contribution in [0.1, 0.15) is 341 Å². The van der Waals surface area contributed by atoms with Gasteiger partial charge in [-0.15, -0.1) is 0 Å². The van der Waals surface area contributed by atoms with Crippen molar-refractivity contribution in [2.75, 3.05) is 13.2 Å². The molecule has 0 aromatic heterocycles. The van der Waals surface area contributed by atoms with E-state index in [-0.39, 0.29) is 18.5 Å². The van der Waals surface area contributed by atoms with Crippen molar-refractivity contribution in [3.8, 4) is 0 Å². The highest BCUT2D eigenvalue weighted by molar-refractivity contribution is 5.76. The standard InChI is InChI=1S/C67H125NO5/c1-3-5-7-9-11-13-15-17-18-19-27-31-34-37-41-45-49-53-57-61-67(72)73-62-58-54-50-46-42-38-35-32-29-26-24-22-20-21-23-25-28-30-33-36-40-44-48-52-56-60-66(71)68-64(63-69)65(70)59-55-51-47-43-39-16-14-12-10-8-6-4-2/h17-18,21-24,55,59,64-65,69-70H,3-16,19-20,25-54,56-58,60-63H2,1-2H3,(H,68,71)/b18-17-,23-21-,24-22-,59-55+. The van der Waals surface area contributed by atoms with Crippen LogP contribution in [-0.4, -0.2) is 47.4 Å². The van der Waals surface area contributed by atoms with Crippen molar-refractivity contribution in [2.45, 2.75) is 353 Å². The number of aliphatic hydroxyl groups excluding tert-OH is 2. The molecular formula is C67H125NO5. The molecule has 6 heteroatoms. The number of ether oxygens (including phenoxy) is 1. The van der Waals surface area contributed by atoms with Crippen molar-refractivity contribution < 1.29 is 24.5 Å². The zero-order valence-corrected chi connectivity index (χ0v) is 48.9. The Bertz CT molecular complexity index is 1230. The lowest BCUT2D eigenvalue weighted by Gasteiger charge is -2.20. The third kappa shape index (κ3) is 58.9. The number of rotatable bonds is 60. The van der Waals surface area contributed by atoms with Gasteiger partial charge in [0.15, 0.2) is 0 Å². The summed E-state index contributed by atoms with van der Waals surface area (Å²) in [5.41, 5.74) is 0. The summed E-state index contributed by atoms with van der Waals surface area (Å²) >= 11 is 0. The molecule has 0 bridgehead atoms. The second-order valence-electron chi connectivity index (χ2n) is 22.1. The van der Waals surface area contributed by atoms with Crippen LogP contribution in [0.3, 0.4) is 0 Å². The maximum absolute atomic E-state index is 12.4. The minimum absolute atomic E-state index is 0.00794. The molecule has 0 spiro atoms. The van der Waals surface area contributed by atoms with Gasteiger partial charge in [0.2, 0.25) is 5.91 Å². The number of esters is 1. The number of unbranched alkanes of at least 4 members (excludes halogenated alkanes) is 43. The molecule has 0 aliphatic carbocycles. The van der Waals surface area contributed by atoms with Gasteiger partial charge in [0.1, 0.15) is 0 Å². The van der Waals surface area contributed by atoms with Crippen molar-refractivity contribution in [2.24, 2.45) is 0 Å². The molecule has 0 saturated heterocycles. The average molecular weight is 1020 g/mol. The van der Waals surface area contributed by atoms with Crippen LogP contribution in [0.25, 0.3) is 0 Å². The van der Waals surface area contributed by atoms with E-state index < -0.39 is 12.1 Å². The topological polar surface area (TPSA) is 95.9 Å². The van der Waals surface area contributed by atoms with Gasteiger partial charge in [-0.1, -0.05) is 287 Å². The second-order valence-corrected chi connectivity index (χ2v) is 22.1. The van der Waals surface area contributed by atoms with Crippen LogP contribution >= 0.6 is 0 Å². The largest absolute Gasteiger partial charge is 0.466 e. The van der Waals surface area contributed by atoms with Crippen molar-refractivity contribution in [1.29, 1.82) is 0 Å². The fraction of sp³-hybridized carbons (Fsp3) is 0.851. The number of allylic oxidation sites excluding steroid dienone is 7. The molecule has 0 radical (unpaired) electrons. The maximum Gasteiger partial charge on any atom is 0.305 e. The van der Waals surface area contributed by atoms with E-state index in [1.54, 1.807) is 6.08 Å². The summed E-state index contributed by atoms with van der Waals surface area (Å²) in [5, 5.41) is 23.1. The molecule has 0 aromatic carbocycles. The first-order chi connectivity index (χ1) is 36.0. The summed E-state index contributed by atoms with van der Waals surface area (Å²) in [7, 11) is 0. The molecule has 0 aromatic rings. The Hall–Kier alpha value is -2.18. The Labute approximate surface area is 455 Å². The highest BCUT2D eigenvalue weighted by Gasteiger charge is 2.18. The van der Waals surface area contributed by atoms with Crippen LogP contribution in [0.5, 0.6) is 0 Å². The Morgan fingerprint density at radius 3 is 1.05 bits per heavy atom. The van der Waals surface area contributed by atoms with Crippen LogP contribution in [0.2, 0.25) is 0 Å². The number of nitrogens with one attached hydrogen (secondary N) is 1. The molecule has 1 amide bonds. The van der Waals surface area contributed by atoms with Gasteiger partial charge in [-0.05, 0) is 89.9 Å². The SMILES string of the molecule is CCCCCCCC/C=C\CCCCCCCCCCCC(=O)OCCCCCCCCCCC/C=C\C/C=C\CCCCCCCCCCCC(=O)NC(CO)C(O)/C=C/CCCCCCCCCCCC. The lowest BCUT2D eigenvalue weighted by molar-refractivity contribution is -0.143. The highest BCUT2D eigenvalue weighted by Crippen LogP contribution is 2.17. The Kier molecular flexibility index (Phi) is 60.5. The van der Waals surface area contributed by atoms with Crippen LogP contribution in [0.15, 0.2) is 48.6 Å². The lowest BCUT2D eigenvalue weighted by Crippen LogP contribution is -2.45. The summed E-state index contributed by atoms with van der Waals surface area (Å²) in [6.07, 6.45) is 80.2. The van der Waals surface area contributed by atoms with Crippen molar-refractivity contribution in [1.82, 2.24) is 5.32 Å². The van der Waals surface area contributed by atoms with Gasteiger partial charge in [-0.3, -0.25) is 9.59 Å². The van der Waals surface area contributed by atoms with E-state index in [9.17, 15) is 19.8 Å². The first-order valence-corrected chi connectivity index (χ1v) is 32.4. The van der Waals surface area contributed by atoms with E-state index in [4.69, 9.17) is 4.74 Å². The highest BCUT2D eigenvalue weighted by atomic mass is 16.5. The van der Waals surface area contributed by atoms with Crippen LogP contribution < -0.4 is 5.32 Å². The number of aliphatic hydroxyl groups is 2. The van der Waals surface area contributed by atoms with Gasteiger partial charge in [0, 0.05) is 12.8 Å². The number of hydrogen-bond donors (Lipinski definition) is 3. The third-order valence-electron chi connectivity index (χ3n) is 14.8. The summed E-state index contributed by atoms with van der Waals surface area (Å²) in [6.45, 7) is 4.90. The zero-order chi connectivity index (χ0) is 52.9. The number of hydrogen-bond acceptors (Lipinski definition) is 5. The van der Waals surface area contributed by atoms with Gasteiger partial charge >= 0.3 is 5.97 Å². The average Bonchev–Trinajstić information content (AvgIpc) is 3.39. The Morgan fingerprint density at radius 1 is 0.384 bits per heavy atom. The second kappa shape index (κ2) is 62.4. The molecule has 6 nitrogen and oxygen atoms in total. The molecule has 0 aliphatic heterocycles. The van der Waals surface area contributed by atoms with Crippen molar-refractivity contribution in [3.63, 3.8) is 0 Å². The van der Waals surface area contributed by atoms with Crippen LogP contribution in [0, 0.1) is 0 Å². The molecular weight excluding hydrogens is 899 g/mol. The molecule has 73 heavy (non-hydrogen) atoms. The molecule has 2 unspecified atom stereocenters. The lowest BCUT2D eigenvalue weighted by atomic mass is 10.0. The van der Waals surface area contributed by atoms with Gasteiger partial charge in [-0.2, -0.15) is 0 Å². The molecule has 0 saturated carbocycles. The Morgan fingerprint density at radius 2 is 0.685 bits per heavy atom. The normalized spacial score (nSPS) is 12.9. The molecule has 0 rings (SSSR count). The zero-order valence-electron chi connectivity index (χ0n) is 48.9. The quantitative estimate of drug-likeness (QED) is 0.0320. The summed E-state index contributed by atoms with van der Waals surface area (Å²) in [6, 6.07) is -0.632. The number of amides is 1. The van der Waals surface area contributed by atoms with Crippen molar-refractivity contribution >= 4 is 11.9 Å². The van der Waals surface area contributed by atoms with E-state index in [0.717, 1.165) is 51.4 Å². The number of carbonyl (C=O) groups is 2. The van der Waals surface area contributed by atoms with Gasteiger partial charge < -0.3 is 20.3 Å². The van der Waals surface area contributed by atoms with E-state index in [1.807, 2.05) is 6.08 Å². The monoisotopic (exact) mass is 1020 g/mol. The Balaban J connectivity index is 3.42. The van der Waals surface area contributed by atoms with Gasteiger partial charge in [0.05, 0.1) is 25.4 Å². The summed E-state index contributed by atoms with van der Waals surface area (Å²) < 4.78 is 5.50. The van der Waals surface area contributed by atoms with E-state index in [2.05, 4.69) is 55.6 Å². The molecule has 428 valence electrons. The van der Waals surface area contributed by atoms with Crippen molar-refractivity contribution in [3.05, 3.63) is 48.6 Å². The van der Waals surface area contributed by atoms with Gasteiger partial charge in [0.25, 0.3) is 0 Å². The predicted molar refractivity (Wildman–Crippen MR) is 319 cm³/mol. The van der Waals surface area contributed by atoms with E-state index in [0.29, 0.717) is 19.4 Å². The predicted octanol–water partition coefficient (Wildman–Crippen LogP) is 20.5. The fourth-order valence-electron chi connectivity index (χ4n) is 9.84. The minimum Gasteiger partial charge on any atom is -0.466 e. The molecule has 0 aliphatic rings. The molecule has 2 atom stereocenters. The third-order valence-corrected chi connectivity index (χ3v) is 14.8. The molecule has 3 N–H and O–H groups in total. The summed E-state index contributed by atoms with van der Waals surface area (Å²) in [4.78, 5) is 24.5. The van der Waals surface area contributed by atoms with Crippen LogP contribution in [-0.2, 0) is 14.3 Å². The smallest absolute Gasteiger partial charge is 0.305 e. The first-order valence-electron chi connectivity index (χ1n) is 32.4. The maximum atomic E-state index is 12.4. The first kappa shape index (κ1) is 70.8. The molecule has 0 fully saturated rings.